The van der Waals surface area contributed by atoms with Crippen LogP contribution in [0.3, 0.4) is 0 Å². The van der Waals surface area contributed by atoms with Crippen LogP contribution in [0, 0.1) is 0 Å². The average Bonchev–Trinajstić information content (AvgIpc) is 2.56. The van der Waals surface area contributed by atoms with Crippen LogP contribution < -0.4 is 5.73 Å². The monoisotopic (exact) mass is 223 g/mol. The Balaban J connectivity index is 3.30. The minimum Gasteiger partial charge on any atom is -0.330 e. The quantitative estimate of drug-likeness (QED) is 0.851. The molecule has 3 heteroatoms. The van der Waals surface area contributed by atoms with Gasteiger partial charge in [-0.25, -0.2) is 0 Å². The van der Waals surface area contributed by atoms with E-state index in [1.807, 2.05) is 0 Å². The van der Waals surface area contributed by atoms with Gasteiger partial charge in [0.25, 0.3) is 0 Å². The van der Waals surface area contributed by atoms with Crippen molar-refractivity contribution >= 4 is 0 Å². The standard InChI is InChI=1S/C13H25N3/c1-6-11-10(8-9-14)12(7-2)16(15-11)13(3,4)5/h6-9,14H2,1-5H3. The lowest BCUT2D eigenvalue weighted by atomic mass is 10.0. The second-order valence-electron chi connectivity index (χ2n) is 5.20. The van der Waals surface area contributed by atoms with Crippen molar-refractivity contribution in [3.8, 4) is 0 Å². The summed E-state index contributed by atoms with van der Waals surface area (Å²) < 4.78 is 2.18. The normalized spacial score (nSPS) is 12.1. The highest BCUT2D eigenvalue weighted by molar-refractivity contribution is 5.28. The summed E-state index contributed by atoms with van der Waals surface area (Å²) in [5.41, 5.74) is 9.70. The van der Waals surface area contributed by atoms with Crippen molar-refractivity contribution in [2.24, 2.45) is 5.73 Å². The Morgan fingerprint density at radius 3 is 2.19 bits per heavy atom. The summed E-state index contributed by atoms with van der Waals surface area (Å²) in [6.45, 7) is 11.7. The van der Waals surface area contributed by atoms with Gasteiger partial charge in [-0.1, -0.05) is 13.8 Å². The Kier molecular flexibility index (Phi) is 4.14. The molecule has 0 fully saturated rings. The van der Waals surface area contributed by atoms with Gasteiger partial charge in [0.05, 0.1) is 11.2 Å². The highest BCUT2D eigenvalue weighted by Gasteiger charge is 2.22. The van der Waals surface area contributed by atoms with Crippen LogP contribution in [0.25, 0.3) is 0 Å². The van der Waals surface area contributed by atoms with Crippen LogP contribution in [0.1, 0.15) is 51.6 Å². The van der Waals surface area contributed by atoms with Crippen molar-refractivity contribution in [1.82, 2.24) is 9.78 Å². The predicted octanol–water partition coefficient (Wildman–Crippen LogP) is 2.26. The van der Waals surface area contributed by atoms with Crippen molar-refractivity contribution in [3.63, 3.8) is 0 Å². The SMILES string of the molecule is CCc1nn(C(C)(C)C)c(CC)c1CCN. The molecule has 0 atom stereocenters. The minimum absolute atomic E-state index is 0.0577. The molecule has 1 aromatic heterocycles. The number of hydrogen-bond donors (Lipinski definition) is 1. The van der Waals surface area contributed by atoms with Gasteiger partial charge >= 0.3 is 0 Å². The van der Waals surface area contributed by atoms with Gasteiger partial charge in [0.15, 0.2) is 0 Å². The molecule has 16 heavy (non-hydrogen) atoms. The van der Waals surface area contributed by atoms with E-state index in [9.17, 15) is 0 Å². The third-order valence-corrected chi connectivity index (χ3v) is 2.87. The first-order chi connectivity index (χ1) is 7.45. The number of nitrogens with zero attached hydrogens (tertiary/aromatic N) is 2. The summed E-state index contributed by atoms with van der Waals surface area (Å²) in [6.07, 6.45) is 2.97. The molecule has 0 aliphatic carbocycles. The molecule has 1 heterocycles. The number of nitrogens with two attached hydrogens (primary N) is 1. The van der Waals surface area contributed by atoms with Crippen LogP contribution in [0.5, 0.6) is 0 Å². The van der Waals surface area contributed by atoms with E-state index in [2.05, 4.69) is 39.3 Å². The first-order valence-corrected chi connectivity index (χ1v) is 6.25. The van der Waals surface area contributed by atoms with Crippen LogP contribution in [-0.2, 0) is 24.8 Å². The molecule has 0 amide bonds. The zero-order valence-corrected chi connectivity index (χ0v) is 11.3. The van der Waals surface area contributed by atoms with Crippen molar-refractivity contribution < 1.29 is 0 Å². The molecule has 0 radical (unpaired) electrons. The Morgan fingerprint density at radius 2 is 1.81 bits per heavy atom. The summed E-state index contributed by atoms with van der Waals surface area (Å²) in [7, 11) is 0. The molecule has 92 valence electrons. The smallest absolute Gasteiger partial charge is 0.0657 e. The summed E-state index contributed by atoms with van der Waals surface area (Å²) in [6, 6.07) is 0. The van der Waals surface area contributed by atoms with E-state index in [4.69, 9.17) is 10.8 Å². The van der Waals surface area contributed by atoms with Crippen LogP contribution in [0.15, 0.2) is 0 Å². The zero-order chi connectivity index (χ0) is 12.3. The van der Waals surface area contributed by atoms with E-state index in [0.29, 0.717) is 6.54 Å². The van der Waals surface area contributed by atoms with Crippen molar-refractivity contribution in [1.29, 1.82) is 0 Å². The Bertz CT molecular complexity index is 345. The first-order valence-electron chi connectivity index (χ1n) is 6.25. The van der Waals surface area contributed by atoms with Crippen LogP contribution in [0.2, 0.25) is 0 Å². The maximum absolute atomic E-state index is 5.69. The van der Waals surface area contributed by atoms with Crippen molar-refractivity contribution in [2.45, 2.75) is 59.4 Å². The van der Waals surface area contributed by atoms with Crippen molar-refractivity contribution in [3.05, 3.63) is 17.0 Å². The fourth-order valence-electron chi connectivity index (χ4n) is 2.17. The average molecular weight is 223 g/mol. The van der Waals surface area contributed by atoms with Gasteiger partial charge in [0.1, 0.15) is 0 Å². The highest BCUT2D eigenvalue weighted by atomic mass is 15.3. The molecule has 0 aliphatic rings. The lowest BCUT2D eigenvalue weighted by Crippen LogP contribution is -2.25. The molecule has 0 unspecified atom stereocenters. The minimum atomic E-state index is 0.0577. The van der Waals surface area contributed by atoms with E-state index >= 15 is 0 Å². The summed E-state index contributed by atoms with van der Waals surface area (Å²) >= 11 is 0. The lowest BCUT2D eigenvalue weighted by molar-refractivity contribution is 0.342. The number of aryl methyl sites for hydroxylation is 1. The summed E-state index contributed by atoms with van der Waals surface area (Å²) in [5, 5.41) is 4.75. The molecular weight excluding hydrogens is 198 g/mol. The second kappa shape index (κ2) is 5.00. The molecule has 1 aromatic rings. The lowest BCUT2D eigenvalue weighted by Gasteiger charge is -2.22. The molecule has 0 bridgehead atoms. The van der Waals surface area contributed by atoms with Gasteiger partial charge < -0.3 is 5.73 Å². The second-order valence-corrected chi connectivity index (χ2v) is 5.20. The van der Waals surface area contributed by atoms with Crippen molar-refractivity contribution in [2.75, 3.05) is 6.54 Å². The van der Waals surface area contributed by atoms with Gasteiger partial charge in [-0.15, -0.1) is 0 Å². The fraction of sp³-hybridized carbons (Fsp3) is 0.769. The number of rotatable bonds is 4. The van der Waals surface area contributed by atoms with E-state index in [1.54, 1.807) is 0 Å². The Morgan fingerprint density at radius 1 is 1.19 bits per heavy atom. The third-order valence-electron chi connectivity index (χ3n) is 2.87. The van der Waals surface area contributed by atoms with E-state index in [1.165, 1.54) is 17.0 Å². The predicted molar refractivity (Wildman–Crippen MR) is 68.7 cm³/mol. The fourth-order valence-corrected chi connectivity index (χ4v) is 2.17. The first kappa shape index (κ1) is 13.2. The van der Waals surface area contributed by atoms with Gasteiger partial charge in [0, 0.05) is 5.69 Å². The molecule has 2 N–H and O–H groups in total. The topological polar surface area (TPSA) is 43.8 Å². The summed E-state index contributed by atoms with van der Waals surface area (Å²) in [5.74, 6) is 0. The van der Waals surface area contributed by atoms with E-state index in [0.717, 1.165) is 19.3 Å². The Labute approximate surface area is 99.0 Å². The van der Waals surface area contributed by atoms with Gasteiger partial charge in [-0.05, 0) is 52.1 Å². The maximum atomic E-state index is 5.69. The summed E-state index contributed by atoms with van der Waals surface area (Å²) in [4.78, 5) is 0. The number of hydrogen-bond acceptors (Lipinski definition) is 2. The third kappa shape index (κ3) is 2.46. The van der Waals surface area contributed by atoms with Gasteiger partial charge in [-0.3, -0.25) is 4.68 Å². The largest absolute Gasteiger partial charge is 0.330 e. The van der Waals surface area contributed by atoms with Crippen LogP contribution in [-0.4, -0.2) is 16.3 Å². The molecular formula is C13H25N3. The van der Waals surface area contributed by atoms with E-state index in [-0.39, 0.29) is 5.54 Å². The molecule has 1 rings (SSSR count). The molecule has 0 aromatic carbocycles. The molecule has 0 saturated carbocycles. The zero-order valence-electron chi connectivity index (χ0n) is 11.3. The maximum Gasteiger partial charge on any atom is 0.0657 e. The molecule has 0 aliphatic heterocycles. The molecule has 0 saturated heterocycles. The molecule has 0 spiro atoms. The highest BCUT2D eigenvalue weighted by Crippen LogP contribution is 2.23. The van der Waals surface area contributed by atoms with Gasteiger partial charge in [-0.2, -0.15) is 5.10 Å². The van der Waals surface area contributed by atoms with Crippen LogP contribution in [0.4, 0.5) is 0 Å². The van der Waals surface area contributed by atoms with Crippen LogP contribution >= 0.6 is 0 Å². The number of aromatic nitrogens is 2. The Hall–Kier alpha value is -0.830. The van der Waals surface area contributed by atoms with Gasteiger partial charge in [0.2, 0.25) is 0 Å². The molecule has 3 nitrogen and oxygen atoms in total. The van der Waals surface area contributed by atoms with E-state index < -0.39 is 0 Å².